The molecule has 1 atom stereocenters. The molecule has 0 saturated carbocycles. The highest BCUT2D eigenvalue weighted by atomic mass is 33.1. The quantitative estimate of drug-likeness (QED) is 0.384. The molecule has 1 aliphatic heterocycles. The van der Waals surface area contributed by atoms with E-state index in [-0.39, 0.29) is 5.97 Å². The molecule has 3 rings (SSSR count). The Bertz CT molecular complexity index is 682. The Morgan fingerprint density at radius 1 is 1.28 bits per heavy atom. The Morgan fingerprint density at radius 3 is 2.88 bits per heavy atom. The second-order valence-electron chi connectivity index (χ2n) is 6.35. The largest absolute Gasteiger partial charge is 0.407 e. The molecule has 0 aliphatic carbocycles. The van der Waals surface area contributed by atoms with Crippen molar-refractivity contribution in [3.05, 3.63) is 42.1 Å². The summed E-state index contributed by atoms with van der Waals surface area (Å²) in [5.74, 6) is 3.66. The van der Waals surface area contributed by atoms with Crippen molar-refractivity contribution in [3.63, 3.8) is 0 Å². The lowest BCUT2D eigenvalue weighted by Crippen LogP contribution is -2.12. The lowest BCUT2D eigenvalue weighted by Gasteiger charge is -2.20. The zero-order valence-electron chi connectivity index (χ0n) is 14.5. The summed E-state index contributed by atoms with van der Waals surface area (Å²) >= 11 is 0. The molecule has 0 spiro atoms. The van der Waals surface area contributed by atoms with Crippen LogP contribution in [0.3, 0.4) is 0 Å². The Kier molecular flexibility index (Phi) is 6.87. The molecule has 134 valence electrons. The van der Waals surface area contributed by atoms with Crippen LogP contribution in [0.4, 0.5) is 0 Å². The molecule has 6 heteroatoms. The summed E-state index contributed by atoms with van der Waals surface area (Å²) in [7, 11) is 3.97. The van der Waals surface area contributed by atoms with Gasteiger partial charge in [-0.2, -0.15) is 5.10 Å². The summed E-state index contributed by atoms with van der Waals surface area (Å²) in [5.41, 5.74) is 1.73. The molecule has 1 aromatic heterocycles. The molecule has 1 fully saturated rings. The highest BCUT2D eigenvalue weighted by Gasteiger charge is 2.15. The third-order valence-corrected chi connectivity index (χ3v) is 6.84. The van der Waals surface area contributed by atoms with Crippen molar-refractivity contribution >= 4 is 27.6 Å². The van der Waals surface area contributed by atoms with Crippen molar-refractivity contribution in [1.82, 2.24) is 9.78 Å². The molecule has 1 aliphatic rings. The predicted octanol–water partition coefficient (Wildman–Crippen LogP) is 5.05. The number of aryl methyl sites for hydroxylation is 1. The van der Waals surface area contributed by atoms with Crippen molar-refractivity contribution < 1.29 is 9.53 Å². The van der Waals surface area contributed by atoms with Crippen molar-refractivity contribution in [3.8, 4) is 11.6 Å². The van der Waals surface area contributed by atoms with Gasteiger partial charge in [-0.1, -0.05) is 46.2 Å². The third-order valence-electron chi connectivity index (χ3n) is 4.26. The van der Waals surface area contributed by atoms with Crippen LogP contribution in [0.25, 0.3) is 5.69 Å². The van der Waals surface area contributed by atoms with Crippen LogP contribution in [0.15, 0.2) is 36.4 Å². The van der Waals surface area contributed by atoms with Crippen LogP contribution in [0.2, 0.25) is 0 Å². The number of hydrogen-bond donors (Lipinski definition) is 0. The summed E-state index contributed by atoms with van der Waals surface area (Å²) < 4.78 is 7.25. The van der Waals surface area contributed by atoms with Gasteiger partial charge in [-0.05, 0) is 44.2 Å². The maximum Gasteiger partial charge on any atom is 0.312 e. The van der Waals surface area contributed by atoms with Gasteiger partial charge in [-0.15, -0.1) is 0 Å². The van der Waals surface area contributed by atoms with Crippen LogP contribution in [0.5, 0.6) is 5.88 Å². The van der Waals surface area contributed by atoms with Crippen molar-refractivity contribution in [1.29, 1.82) is 0 Å². The van der Waals surface area contributed by atoms with E-state index in [4.69, 9.17) is 4.74 Å². The fraction of sp³-hybridized carbons (Fsp3) is 0.474. The van der Waals surface area contributed by atoms with Crippen molar-refractivity contribution in [2.45, 2.75) is 39.0 Å². The molecule has 1 saturated heterocycles. The molecular formula is C19H24N2O2S2. The molecule has 1 aromatic carbocycles. The van der Waals surface area contributed by atoms with E-state index in [0.717, 1.165) is 30.1 Å². The molecule has 0 bridgehead atoms. The average molecular weight is 377 g/mol. The van der Waals surface area contributed by atoms with Gasteiger partial charge < -0.3 is 4.74 Å². The Hall–Kier alpha value is -1.40. The van der Waals surface area contributed by atoms with Crippen LogP contribution < -0.4 is 4.74 Å². The van der Waals surface area contributed by atoms with E-state index in [0.29, 0.717) is 12.3 Å². The number of carbonyl (C=O) groups excluding carboxylic acids is 1. The second kappa shape index (κ2) is 9.34. The summed E-state index contributed by atoms with van der Waals surface area (Å²) in [6.45, 7) is 1.90. The summed E-state index contributed by atoms with van der Waals surface area (Å²) in [6.07, 6.45) is 5.00. The van der Waals surface area contributed by atoms with Crippen LogP contribution >= 0.6 is 21.6 Å². The zero-order valence-corrected chi connectivity index (χ0v) is 16.2. The highest BCUT2D eigenvalue weighted by Crippen LogP contribution is 2.34. The van der Waals surface area contributed by atoms with Gasteiger partial charge in [0, 0.05) is 24.0 Å². The minimum atomic E-state index is -0.175. The van der Waals surface area contributed by atoms with Gasteiger partial charge in [-0.25, -0.2) is 4.68 Å². The van der Waals surface area contributed by atoms with E-state index in [2.05, 4.69) is 5.10 Å². The Balaban J connectivity index is 1.48. The van der Waals surface area contributed by atoms with E-state index < -0.39 is 0 Å². The van der Waals surface area contributed by atoms with Crippen LogP contribution in [-0.2, 0) is 4.79 Å². The first-order valence-electron chi connectivity index (χ1n) is 8.79. The number of hydrogen-bond acceptors (Lipinski definition) is 5. The lowest BCUT2D eigenvalue weighted by molar-refractivity contribution is -0.134. The van der Waals surface area contributed by atoms with Gasteiger partial charge >= 0.3 is 5.97 Å². The van der Waals surface area contributed by atoms with Crippen LogP contribution in [0, 0.1) is 12.8 Å². The molecule has 2 heterocycles. The number of para-hydroxylation sites is 1. The Morgan fingerprint density at radius 2 is 2.12 bits per heavy atom. The standard InChI is InChI=1S/C19H24N2O2S2/c1-15-13-18(21(20-15)17-8-3-2-4-9-17)23-19(22)10-6-5-7-16-11-12-24-25-14-16/h2-4,8-9,13,16H,5-7,10-12,14H2,1H3. The molecule has 25 heavy (non-hydrogen) atoms. The van der Waals surface area contributed by atoms with Gasteiger partial charge in [0.15, 0.2) is 0 Å². The van der Waals surface area contributed by atoms with Gasteiger partial charge in [0.1, 0.15) is 0 Å². The van der Waals surface area contributed by atoms with Crippen LogP contribution in [0.1, 0.15) is 37.8 Å². The summed E-state index contributed by atoms with van der Waals surface area (Å²) in [5, 5.41) is 4.43. The average Bonchev–Trinajstić information content (AvgIpc) is 3.00. The van der Waals surface area contributed by atoms with Gasteiger partial charge in [0.2, 0.25) is 5.88 Å². The number of aromatic nitrogens is 2. The molecule has 0 N–H and O–H groups in total. The summed E-state index contributed by atoms with van der Waals surface area (Å²) in [6, 6.07) is 11.5. The predicted molar refractivity (Wildman–Crippen MR) is 105 cm³/mol. The minimum Gasteiger partial charge on any atom is -0.407 e. The number of esters is 1. The maximum atomic E-state index is 12.2. The maximum absolute atomic E-state index is 12.2. The number of nitrogens with zero attached hydrogens (tertiary/aromatic N) is 2. The van der Waals surface area contributed by atoms with E-state index in [9.17, 15) is 4.79 Å². The molecule has 4 nitrogen and oxygen atoms in total. The first kappa shape index (κ1) is 18.4. The number of carbonyl (C=O) groups is 1. The SMILES string of the molecule is Cc1cc(OC(=O)CCCCC2CCSSC2)n(-c2ccccc2)n1. The summed E-state index contributed by atoms with van der Waals surface area (Å²) in [4.78, 5) is 12.2. The number of rotatable bonds is 7. The molecule has 1 unspecified atom stereocenters. The zero-order chi connectivity index (χ0) is 17.5. The number of benzene rings is 1. The molecule has 2 aromatic rings. The van der Waals surface area contributed by atoms with E-state index >= 15 is 0 Å². The third kappa shape index (κ3) is 5.54. The van der Waals surface area contributed by atoms with E-state index in [1.54, 1.807) is 4.68 Å². The monoisotopic (exact) mass is 376 g/mol. The topological polar surface area (TPSA) is 44.1 Å². The second-order valence-corrected chi connectivity index (χ2v) is 8.98. The van der Waals surface area contributed by atoms with Gasteiger partial charge in [0.05, 0.1) is 11.4 Å². The van der Waals surface area contributed by atoms with Crippen molar-refractivity contribution in [2.75, 3.05) is 11.5 Å². The highest BCUT2D eigenvalue weighted by molar-refractivity contribution is 8.76. The fourth-order valence-electron chi connectivity index (χ4n) is 2.90. The fourth-order valence-corrected chi connectivity index (χ4v) is 5.58. The lowest BCUT2D eigenvalue weighted by atomic mass is 10.0. The first-order valence-corrected chi connectivity index (χ1v) is 11.3. The minimum absolute atomic E-state index is 0.175. The number of unbranched alkanes of at least 4 members (excludes halogenated alkanes) is 1. The normalized spacial score (nSPS) is 17.4. The number of ether oxygens (including phenoxy) is 1. The molecule has 0 amide bonds. The Labute approximate surface area is 157 Å². The van der Waals surface area contributed by atoms with Crippen molar-refractivity contribution in [2.24, 2.45) is 5.92 Å². The first-order chi connectivity index (χ1) is 12.2. The smallest absolute Gasteiger partial charge is 0.312 e. The van der Waals surface area contributed by atoms with Gasteiger partial charge in [-0.3, -0.25) is 4.79 Å². The van der Waals surface area contributed by atoms with E-state index in [1.807, 2.05) is 64.9 Å². The molecule has 0 radical (unpaired) electrons. The van der Waals surface area contributed by atoms with Gasteiger partial charge in [0.25, 0.3) is 0 Å². The van der Waals surface area contributed by atoms with E-state index in [1.165, 1.54) is 24.3 Å². The molecular weight excluding hydrogens is 352 g/mol. The van der Waals surface area contributed by atoms with Crippen LogP contribution in [-0.4, -0.2) is 27.3 Å².